The molecule has 1 heterocycles. The number of benzene rings is 2. The SMILES string of the molecule is COc1ccc(NS(=O)(=O)c2ccc(I)cc2)cc1N1C[C@@H](C)N[C@@H](C)C1. The molecular weight excluding hydrogens is 477 g/mol. The Morgan fingerprint density at radius 1 is 1.11 bits per heavy atom. The number of methoxy groups -OCH3 is 1. The Morgan fingerprint density at radius 3 is 2.33 bits per heavy atom. The molecule has 2 atom stereocenters. The van der Waals surface area contributed by atoms with E-state index in [9.17, 15) is 8.42 Å². The van der Waals surface area contributed by atoms with Crippen molar-refractivity contribution in [3.63, 3.8) is 0 Å². The number of nitrogens with one attached hydrogen (secondary N) is 2. The fourth-order valence-electron chi connectivity index (χ4n) is 3.35. The average molecular weight is 501 g/mol. The van der Waals surface area contributed by atoms with Crippen molar-refractivity contribution in [2.45, 2.75) is 30.8 Å². The molecule has 0 unspecified atom stereocenters. The monoisotopic (exact) mass is 501 g/mol. The maximum Gasteiger partial charge on any atom is 0.261 e. The molecule has 6 nitrogen and oxygen atoms in total. The normalized spacial score (nSPS) is 20.4. The Hall–Kier alpha value is -1.52. The minimum absolute atomic E-state index is 0.240. The van der Waals surface area contributed by atoms with E-state index in [1.54, 1.807) is 43.5 Å². The third-order valence-electron chi connectivity index (χ3n) is 4.45. The molecule has 1 saturated heterocycles. The highest BCUT2D eigenvalue weighted by atomic mass is 127. The Morgan fingerprint density at radius 2 is 1.74 bits per heavy atom. The summed E-state index contributed by atoms with van der Waals surface area (Å²) >= 11 is 2.15. The lowest BCUT2D eigenvalue weighted by Crippen LogP contribution is -2.54. The highest BCUT2D eigenvalue weighted by Crippen LogP contribution is 2.33. The van der Waals surface area contributed by atoms with E-state index in [1.165, 1.54) is 0 Å². The zero-order valence-electron chi connectivity index (χ0n) is 15.6. The van der Waals surface area contributed by atoms with Crippen LogP contribution < -0.4 is 19.7 Å². The number of sulfonamides is 1. The molecule has 2 aromatic rings. The first kappa shape index (κ1) is 20.2. The molecule has 0 aromatic heterocycles. The summed E-state index contributed by atoms with van der Waals surface area (Å²) in [7, 11) is -2.02. The maximum atomic E-state index is 12.7. The lowest BCUT2D eigenvalue weighted by atomic mass is 10.1. The molecule has 0 spiro atoms. The molecule has 1 aliphatic rings. The molecule has 27 heavy (non-hydrogen) atoms. The number of piperazine rings is 1. The van der Waals surface area contributed by atoms with Gasteiger partial charge in [0.25, 0.3) is 10.0 Å². The van der Waals surface area contributed by atoms with Crippen LogP contribution in [0.1, 0.15) is 13.8 Å². The molecule has 2 N–H and O–H groups in total. The summed E-state index contributed by atoms with van der Waals surface area (Å²) in [6, 6.07) is 12.8. The third kappa shape index (κ3) is 4.85. The van der Waals surface area contributed by atoms with Gasteiger partial charge in [0.2, 0.25) is 0 Å². The smallest absolute Gasteiger partial charge is 0.261 e. The van der Waals surface area contributed by atoms with Crippen LogP contribution in [0.25, 0.3) is 0 Å². The minimum atomic E-state index is -3.64. The van der Waals surface area contributed by atoms with E-state index in [0.29, 0.717) is 17.8 Å². The summed E-state index contributed by atoms with van der Waals surface area (Å²) in [6.07, 6.45) is 0. The van der Waals surface area contributed by atoms with Gasteiger partial charge in [0.05, 0.1) is 23.4 Å². The number of rotatable bonds is 5. The van der Waals surface area contributed by atoms with Crippen molar-refractivity contribution < 1.29 is 13.2 Å². The van der Waals surface area contributed by atoms with Crippen LogP contribution in [0.15, 0.2) is 47.4 Å². The van der Waals surface area contributed by atoms with Crippen LogP contribution in [0.5, 0.6) is 5.75 Å². The summed E-state index contributed by atoms with van der Waals surface area (Å²) in [5, 5.41) is 3.50. The van der Waals surface area contributed by atoms with Gasteiger partial charge in [-0.3, -0.25) is 4.72 Å². The number of halogens is 1. The summed E-state index contributed by atoms with van der Waals surface area (Å²) in [4.78, 5) is 2.47. The quantitative estimate of drug-likeness (QED) is 0.616. The van der Waals surface area contributed by atoms with Crippen LogP contribution in [-0.2, 0) is 10.0 Å². The molecule has 8 heteroatoms. The second-order valence-electron chi connectivity index (χ2n) is 6.82. The average Bonchev–Trinajstić information content (AvgIpc) is 2.61. The van der Waals surface area contributed by atoms with Gasteiger partial charge in [-0.05, 0) is 78.9 Å². The lowest BCUT2D eigenvalue weighted by molar-refractivity contribution is 0.391. The van der Waals surface area contributed by atoms with Crippen LogP contribution in [0.4, 0.5) is 11.4 Å². The van der Waals surface area contributed by atoms with Crippen molar-refractivity contribution in [1.29, 1.82) is 0 Å². The van der Waals surface area contributed by atoms with Gasteiger partial charge >= 0.3 is 0 Å². The van der Waals surface area contributed by atoms with Crippen LogP contribution in [0.3, 0.4) is 0 Å². The van der Waals surface area contributed by atoms with Gasteiger partial charge in [0.15, 0.2) is 0 Å². The van der Waals surface area contributed by atoms with E-state index in [2.05, 4.69) is 51.4 Å². The van der Waals surface area contributed by atoms with E-state index in [0.717, 1.165) is 28.1 Å². The Bertz CT molecular complexity index is 893. The zero-order valence-corrected chi connectivity index (χ0v) is 18.5. The first-order valence-electron chi connectivity index (χ1n) is 8.76. The second kappa shape index (κ2) is 8.24. The summed E-state index contributed by atoms with van der Waals surface area (Å²) in [6.45, 7) is 5.93. The molecule has 0 amide bonds. The molecule has 0 aliphatic carbocycles. The van der Waals surface area contributed by atoms with E-state index >= 15 is 0 Å². The minimum Gasteiger partial charge on any atom is -0.495 e. The van der Waals surface area contributed by atoms with Crippen molar-refractivity contribution in [1.82, 2.24) is 5.32 Å². The Balaban J connectivity index is 1.89. The standard InChI is InChI=1S/C19H24IN3O3S/c1-13-11-23(12-14(2)21-13)18-10-16(6-9-19(18)26-3)22-27(24,25)17-7-4-15(20)5-8-17/h4-10,13-14,21-22H,11-12H2,1-3H3/t13-,14+. The van der Waals surface area contributed by atoms with E-state index in [1.807, 2.05) is 6.07 Å². The number of ether oxygens (including phenoxy) is 1. The van der Waals surface area contributed by atoms with Crippen LogP contribution in [0.2, 0.25) is 0 Å². The second-order valence-corrected chi connectivity index (χ2v) is 9.75. The van der Waals surface area contributed by atoms with Gasteiger partial charge in [0.1, 0.15) is 5.75 Å². The number of nitrogens with zero attached hydrogens (tertiary/aromatic N) is 1. The summed E-state index contributed by atoms with van der Waals surface area (Å²) in [5.74, 6) is 0.730. The third-order valence-corrected chi connectivity index (χ3v) is 6.57. The molecule has 1 aliphatic heterocycles. The summed E-state index contributed by atoms with van der Waals surface area (Å²) < 4.78 is 34.6. The van der Waals surface area contributed by atoms with Gasteiger partial charge in [-0.25, -0.2) is 8.42 Å². The molecule has 0 radical (unpaired) electrons. The van der Waals surface area contributed by atoms with E-state index in [-0.39, 0.29) is 4.90 Å². The first-order valence-corrected chi connectivity index (χ1v) is 11.3. The highest BCUT2D eigenvalue weighted by molar-refractivity contribution is 14.1. The molecule has 0 saturated carbocycles. The first-order chi connectivity index (χ1) is 12.8. The number of anilines is 2. The zero-order chi connectivity index (χ0) is 19.6. The van der Waals surface area contributed by atoms with Gasteiger partial charge in [0, 0.05) is 28.7 Å². The van der Waals surface area contributed by atoms with Crippen molar-refractivity contribution in [3.05, 3.63) is 46.0 Å². The van der Waals surface area contributed by atoms with Crippen LogP contribution in [-0.4, -0.2) is 40.7 Å². The van der Waals surface area contributed by atoms with Crippen molar-refractivity contribution in [2.75, 3.05) is 29.8 Å². The Labute approximate surface area is 174 Å². The van der Waals surface area contributed by atoms with Crippen molar-refractivity contribution in [3.8, 4) is 5.75 Å². The molecular formula is C19H24IN3O3S. The molecule has 1 fully saturated rings. The van der Waals surface area contributed by atoms with Crippen LogP contribution in [0, 0.1) is 3.57 Å². The fourth-order valence-corrected chi connectivity index (χ4v) is 4.76. The number of hydrogen-bond donors (Lipinski definition) is 2. The largest absolute Gasteiger partial charge is 0.495 e. The van der Waals surface area contributed by atoms with Gasteiger partial charge in [-0.15, -0.1) is 0 Å². The van der Waals surface area contributed by atoms with Crippen molar-refractivity contribution in [2.24, 2.45) is 0 Å². The van der Waals surface area contributed by atoms with Gasteiger partial charge < -0.3 is 15.0 Å². The topological polar surface area (TPSA) is 70.7 Å². The Kier molecular flexibility index (Phi) is 6.17. The van der Waals surface area contributed by atoms with Gasteiger partial charge in [-0.2, -0.15) is 0 Å². The fraction of sp³-hybridized carbons (Fsp3) is 0.368. The van der Waals surface area contributed by atoms with Gasteiger partial charge in [-0.1, -0.05) is 0 Å². The predicted molar refractivity (Wildman–Crippen MR) is 117 cm³/mol. The van der Waals surface area contributed by atoms with E-state index < -0.39 is 10.0 Å². The number of hydrogen-bond acceptors (Lipinski definition) is 5. The van der Waals surface area contributed by atoms with E-state index in [4.69, 9.17) is 4.74 Å². The molecule has 0 bridgehead atoms. The maximum absolute atomic E-state index is 12.7. The molecule has 146 valence electrons. The van der Waals surface area contributed by atoms with Crippen LogP contribution >= 0.6 is 22.6 Å². The predicted octanol–water partition coefficient (Wildman–Crippen LogP) is 3.29. The molecule has 2 aromatic carbocycles. The lowest BCUT2D eigenvalue weighted by Gasteiger charge is -2.38. The van der Waals surface area contributed by atoms with Crippen molar-refractivity contribution >= 4 is 44.0 Å². The molecule has 3 rings (SSSR count). The summed E-state index contributed by atoms with van der Waals surface area (Å²) in [5.41, 5.74) is 1.41. The highest BCUT2D eigenvalue weighted by Gasteiger charge is 2.24.